The van der Waals surface area contributed by atoms with Gasteiger partial charge in [0.15, 0.2) is 0 Å². The smallest absolute Gasteiger partial charge is 0.333 e. The van der Waals surface area contributed by atoms with Crippen molar-refractivity contribution in [1.82, 2.24) is 0 Å². The Morgan fingerprint density at radius 1 is 1.33 bits per heavy atom. The Bertz CT molecular complexity index is 1060. The van der Waals surface area contributed by atoms with Gasteiger partial charge in [0, 0.05) is 29.9 Å². The molecule has 7 nitrogen and oxygen atoms in total. The number of nitriles is 1. The van der Waals surface area contributed by atoms with Crippen molar-refractivity contribution in [3.8, 4) is 6.07 Å². The summed E-state index contributed by atoms with van der Waals surface area (Å²) in [5, 5.41) is 20.3. The number of hydrogen-bond acceptors (Lipinski definition) is 6. The van der Waals surface area contributed by atoms with Crippen molar-refractivity contribution >= 4 is 29.0 Å². The maximum atomic E-state index is 11.5. The zero-order chi connectivity index (χ0) is 21.7. The molecular formula is C23H21N3O4. The molecule has 0 aliphatic carbocycles. The molecule has 2 aromatic rings. The number of non-ortho nitro benzene ring substituents is 1. The minimum absolute atomic E-state index is 0.0115. The zero-order valence-electron chi connectivity index (χ0n) is 16.6. The van der Waals surface area contributed by atoms with Gasteiger partial charge in [-0.2, -0.15) is 5.26 Å². The number of nitro groups is 1. The van der Waals surface area contributed by atoms with E-state index < -0.39 is 4.92 Å². The molecule has 0 saturated carbocycles. The van der Waals surface area contributed by atoms with Crippen LogP contribution in [-0.4, -0.2) is 30.6 Å². The van der Waals surface area contributed by atoms with Crippen LogP contribution in [0.4, 0.5) is 11.4 Å². The fourth-order valence-electron chi connectivity index (χ4n) is 3.29. The van der Waals surface area contributed by atoms with Gasteiger partial charge in [0.1, 0.15) is 6.61 Å². The van der Waals surface area contributed by atoms with Crippen molar-refractivity contribution < 1.29 is 14.5 Å². The van der Waals surface area contributed by atoms with Crippen LogP contribution in [0.5, 0.6) is 0 Å². The van der Waals surface area contributed by atoms with Gasteiger partial charge >= 0.3 is 5.97 Å². The summed E-state index contributed by atoms with van der Waals surface area (Å²) in [5.74, 6) is -0.384. The maximum absolute atomic E-state index is 11.5. The second kappa shape index (κ2) is 9.05. The average Bonchev–Trinajstić information content (AvgIpc) is 3.14. The Hall–Kier alpha value is -3.92. The Labute approximate surface area is 174 Å². The largest absolute Gasteiger partial charge is 0.460 e. The van der Waals surface area contributed by atoms with E-state index in [4.69, 9.17) is 4.74 Å². The monoisotopic (exact) mass is 403 g/mol. The lowest BCUT2D eigenvalue weighted by molar-refractivity contribution is -0.384. The highest BCUT2D eigenvalue weighted by atomic mass is 16.6. The molecule has 30 heavy (non-hydrogen) atoms. The number of esters is 1. The SMILES string of the molecule is C=C(C)C(=O)OCCN1CCc2cc(/C=C(/C#N)c3ccc([N+](=O)[O-])cc3)ccc21. The standard InChI is InChI=1S/C23H21N3O4/c1-16(2)23(27)30-12-11-25-10-9-19-13-17(3-8-22(19)25)14-20(15-24)18-4-6-21(7-5-18)26(28)29/h3-8,13-14H,1,9-12H2,2H3/b20-14-. The summed E-state index contributed by atoms with van der Waals surface area (Å²) in [6.45, 7) is 6.92. The molecule has 0 radical (unpaired) electrons. The molecule has 1 aliphatic rings. The Balaban J connectivity index is 1.73. The molecule has 1 aliphatic heterocycles. The number of allylic oxidation sites excluding steroid dienone is 1. The summed E-state index contributed by atoms with van der Waals surface area (Å²) in [7, 11) is 0. The van der Waals surface area contributed by atoms with Crippen molar-refractivity contribution in [3.63, 3.8) is 0 Å². The van der Waals surface area contributed by atoms with Crippen LogP contribution in [0, 0.1) is 21.4 Å². The van der Waals surface area contributed by atoms with Gasteiger partial charge in [0.25, 0.3) is 5.69 Å². The average molecular weight is 403 g/mol. The second-order valence-electron chi connectivity index (χ2n) is 7.02. The summed E-state index contributed by atoms with van der Waals surface area (Å²) < 4.78 is 5.18. The van der Waals surface area contributed by atoms with Crippen LogP contribution in [-0.2, 0) is 16.0 Å². The van der Waals surface area contributed by atoms with Gasteiger partial charge < -0.3 is 9.64 Å². The molecule has 0 atom stereocenters. The molecule has 1 heterocycles. The molecule has 0 unspecified atom stereocenters. The number of hydrogen-bond donors (Lipinski definition) is 0. The fraction of sp³-hybridized carbons (Fsp3) is 0.217. The lowest BCUT2D eigenvalue weighted by Gasteiger charge is -2.19. The molecule has 0 spiro atoms. The van der Waals surface area contributed by atoms with Crippen molar-refractivity contribution in [2.45, 2.75) is 13.3 Å². The molecule has 0 aromatic heterocycles. The Morgan fingerprint density at radius 2 is 2.07 bits per heavy atom. The normalized spacial score (nSPS) is 12.8. The van der Waals surface area contributed by atoms with Gasteiger partial charge in [-0.1, -0.05) is 12.6 Å². The van der Waals surface area contributed by atoms with Gasteiger partial charge in [0.2, 0.25) is 0 Å². The fourth-order valence-corrected chi connectivity index (χ4v) is 3.29. The minimum Gasteiger partial charge on any atom is -0.460 e. The number of nitro benzene ring substituents is 1. The quantitative estimate of drug-likeness (QED) is 0.172. The molecule has 0 N–H and O–H groups in total. The highest BCUT2D eigenvalue weighted by molar-refractivity contribution is 5.90. The Morgan fingerprint density at radius 3 is 2.70 bits per heavy atom. The van der Waals surface area contributed by atoms with E-state index in [0.717, 1.165) is 29.8 Å². The summed E-state index contributed by atoms with van der Waals surface area (Å²) >= 11 is 0. The predicted octanol–water partition coefficient (Wildman–Crippen LogP) is 4.14. The van der Waals surface area contributed by atoms with E-state index in [9.17, 15) is 20.2 Å². The molecule has 2 aromatic carbocycles. The first kappa shape index (κ1) is 20.8. The molecule has 7 heteroatoms. The molecule has 3 rings (SSSR count). The van der Waals surface area contributed by atoms with Gasteiger partial charge in [-0.15, -0.1) is 0 Å². The van der Waals surface area contributed by atoms with E-state index in [-0.39, 0.29) is 11.7 Å². The van der Waals surface area contributed by atoms with Crippen molar-refractivity contribution in [3.05, 3.63) is 81.4 Å². The summed E-state index contributed by atoms with van der Waals surface area (Å²) in [5.41, 5.74) is 4.58. The molecule has 152 valence electrons. The number of anilines is 1. The van der Waals surface area contributed by atoms with Crippen LogP contribution in [0.15, 0.2) is 54.6 Å². The highest BCUT2D eigenvalue weighted by Gasteiger charge is 2.19. The van der Waals surface area contributed by atoms with Crippen molar-refractivity contribution in [2.24, 2.45) is 0 Å². The maximum Gasteiger partial charge on any atom is 0.333 e. The third-order valence-corrected chi connectivity index (χ3v) is 4.86. The van der Waals surface area contributed by atoms with E-state index in [0.29, 0.717) is 29.9 Å². The Kier molecular flexibility index (Phi) is 6.28. The summed E-state index contributed by atoms with van der Waals surface area (Å²) in [4.78, 5) is 24.0. The first-order valence-electron chi connectivity index (χ1n) is 9.46. The highest BCUT2D eigenvalue weighted by Crippen LogP contribution is 2.30. The zero-order valence-corrected chi connectivity index (χ0v) is 16.6. The van der Waals surface area contributed by atoms with Crippen LogP contribution >= 0.6 is 0 Å². The molecule has 0 saturated heterocycles. The van der Waals surface area contributed by atoms with Crippen molar-refractivity contribution in [1.29, 1.82) is 5.26 Å². The number of rotatable bonds is 7. The van der Waals surface area contributed by atoms with E-state index in [1.807, 2.05) is 18.2 Å². The van der Waals surface area contributed by atoms with Gasteiger partial charge in [-0.3, -0.25) is 10.1 Å². The predicted molar refractivity (Wildman–Crippen MR) is 115 cm³/mol. The van der Waals surface area contributed by atoms with E-state index in [2.05, 4.69) is 17.5 Å². The molecule has 0 fully saturated rings. The first-order chi connectivity index (χ1) is 14.4. The van der Waals surface area contributed by atoms with Crippen LogP contribution in [0.25, 0.3) is 11.6 Å². The van der Waals surface area contributed by atoms with E-state index in [1.54, 1.807) is 25.1 Å². The molecular weight excluding hydrogens is 382 g/mol. The van der Waals surface area contributed by atoms with Gasteiger partial charge in [0.05, 0.1) is 23.1 Å². The van der Waals surface area contributed by atoms with Crippen LogP contribution in [0.3, 0.4) is 0 Å². The van der Waals surface area contributed by atoms with E-state index in [1.165, 1.54) is 12.1 Å². The number of benzene rings is 2. The van der Waals surface area contributed by atoms with Crippen LogP contribution < -0.4 is 4.90 Å². The lowest BCUT2D eigenvalue weighted by Crippen LogP contribution is -2.26. The van der Waals surface area contributed by atoms with Crippen LogP contribution in [0.1, 0.15) is 23.6 Å². The third-order valence-electron chi connectivity index (χ3n) is 4.86. The molecule has 0 bridgehead atoms. The van der Waals surface area contributed by atoms with Crippen LogP contribution in [0.2, 0.25) is 0 Å². The van der Waals surface area contributed by atoms with Gasteiger partial charge in [-0.25, -0.2) is 4.79 Å². The number of fused-ring (bicyclic) bond motifs is 1. The molecule has 0 amide bonds. The van der Waals surface area contributed by atoms with E-state index >= 15 is 0 Å². The van der Waals surface area contributed by atoms with Crippen molar-refractivity contribution in [2.75, 3.05) is 24.6 Å². The lowest BCUT2D eigenvalue weighted by atomic mass is 10.0. The number of carbonyl (C=O) groups excluding carboxylic acids is 1. The topological polar surface area (TPSA) is 96.5 Å². The first-order valence-corrected chi connectivity index (χ1v) is 9.46. The third kappa shape index (κ3) is 4.73. The summed E-state index contributed by atoms with van der Waals surface area (Å²) in [6.07, 6.45) is 2.64. The second-order valence-corrected chi connectivity index (χ2v) is 7.02. The summed E-state index contributed by atoms with van der Waals surface area (Å²) in [6, 6.07) is 14.1. The number of ether oxygens (including phenoxy) is 1. The minimum atomic E-state index is -0.467. The number of nitrogens with zero attached hydrogens (tertiary/aromatic N) is 3. The number of carbonyl (C=O) groups is 1. The van der Waals surface area contributed by atoms with Gasteiger partial charge in [-0.05, 0) is 60.4 Å².